The molecule has 1 N–H and O–H groups in total. The second kappa shape index (κ2) is 4.65. The van der Waals surface area contributed by atoms with Crippen LogP contribution in [0.4, 0.5) is 0 Å². The summed E-state index contributed by atoms with van der Waals surface area (Å²) in [4.78, 5) is 10.6. The zero-order chi connectivity index (χ0) is 10.6. The molecule has 0 bridgehead atoms. The minimum atomic E-state index is -0.962. The molecule has 0 heterocycles. The maximum Gasteiger partial charge on any atom is 0.335 e. The fourth-order valence-corrected chi connectivity index (χ4v) is 0.920. The van der Waals surface area contributed by atoms with E-state index in [1.54, 1.807) is 6.07 Å². The van der Waals surface area contributed by atoms with Crippen molar-refractivity contribution in [3.8, 4) is 5.75 Å². The Hall–Kier alpha value is -1.51. The van der Waals surface area contributed by atoms with Crippen LogP contribution in [0.2, 0.25) is 0 Å². The summed E-state index contributed by atoms with van der Waals surface area (Å²) >= 11 is 0. The maximum atomic E-state index is 10.6. The van der Waals surface area contributed by atoms with Gasteiger partial charge in [0.25, 0.3) is 0 Å². The van der Waals surface area contributed by atoms with Gasteiger partial charge in [0.2, 0.25) is 0 Å². The van der Waals surface area contributed by atoms with Crippen LogP contribution in [-0.4, -0.2) is 17.7 Å². The minimum Gasteiger partial charge on any atom is -0.493 e. The van der Waals surface area contributed by atoms with E-state index in [9.17, 15) is 4.79 Å². The highest BCUT2D eigenvalue weighted by Gasteiger charge is 2.04. The average molecular weight is 193 g/mol. The molecule has 0 atom stereocenters. The first-order chi connectivity index (χ1) is 6.59. The fourth-order valence-electron chi connectivity index (χ4n) is 0.920. The lowest BCUT2D eigenvalue weighted by atomic mass is 10.2. The summed E-state index contributed by atoms with van der Waals surface area (Å²) < 4.78 is 5.36. The molecule has 0 unspecified atom stereocenters. The normalized spacial score (nSPS) is 10.2. The third-order valence-corrected chi connectivity index (χ3v) is 1.59. The second-order valence-electron chi connectivity index (χ2n) is 3.47. The Morgan fingerprint density at radius 2 is 2.29 bits per heavy atom. The number of hydrogen-bond acceptors (Lipinski definition) is 2. The molecular formula is C11H13O3. The van der Waals surface area contributed by atoms with Crippen LogP contribution in [0.5, 0.6) is 5.75 Å². The first kappa shape index (κ1) is 10.6. The molecule has 1 aromatic carbocycles. The number of ether oxygens (including phenoxy) is 1. The van der Waals surface area contributed by atoms with Gasteiger partial charge in [0.15, 0.2) is 0 Å². The maximum absolute atomic E-state index is 10.6. The van der Waals surface area contributed by atoms with Crippen molar-refractivity contribution in [3.63, 3.8) is 0 Å². The smallest absolute Gasteiger partial charge is 0.335 e. The summed E-state index contributed by atoms with van der Waals surface area (Å²) in [6.45, 7) is 4.65. The SMILES string of the molecule is CC(C)COc1c[c]cc(C(=O)O)c1. The molecule has 0 spiro atoms. The van der Waals surface area contributed by atoms with E-state index in [0.717, 1.165) is 0 Å². The van der Waals surface area contributed by atoms with Crippen molar-refractivity contribution in [1.82, 2.24) is 0 Å². The second-order valence-corrected chi connectivity index (χ2v) is 3.47. The van der Waals surface area contributed by atoms with Gasteiger partial charge in [0, 0.05) is 0 Å². The Bertz CT molecular complexity index is 318. The molecule has 0 fully saturated rings. The monoisotopic (exact) mass is 193 g/mol. The molecule has 75 valence electrons. The van der Waals surface area contributed by atoms with Gasteiger partial charge in [-0.25, -0.2) is 4.79 Å². The van der Waals surface area contributed by atoms with Crippen molar-refractivity contribution >= 4 is 5.97 Å². The summed E-state index contributed by atoms with van der Waals surface area (Å²) in [7, 11) is 0. The van der Waals surface area contributed by atoms with Crippen LogP contribution in [0.3, 0.4) is 0 Å². The quantitative estimate of drug-likeness (QED) is 0.797. The standard InChI is InChI=1S/C11H13O3/c1-8(2)7-14-10-5-3-4-9(6-10)11(12)13/h4-6,8H,7H2,1-2H3,(H,12,13). The highest BCUT2D eigenvalue weighted by atomic mass is 16.5. The molecular weight excluding hydrogens is 180 g/mol. The molecule has 0 saturated carbocycles. The molecule has 14 heavy (non-hydrogen) atoms. The zero-order valence-corrected chi connectivity index (χ0v) is 8.28. The van der Waals surface area contributed by atoms with Crippen molar-refractivity contribution in [1.29, 1.82) is 0 Å². The van der Waals surface area contributed by atoms with Gasteiger partial charge in [-0.2, -0.15) is 0 Å². The van der Waals surface area contributed by atoms with Crippen molar-refractivity contribution in [2.45, 2.75) is 13.8 Å². The summed E-state index contributed by atoms with van der Waals surface area (Å²) in [6, 6.07) is 7.28. The highest BCUT2D eigenvalue weighted by Crippen LogP contribution is 2.13. The Labute approximate surface area is 83.3 Å². The van der Waals surface area contributed by atoms with E-state index >= 15 is 0 Å². The molecule has 0 saturated heterocycles. The van der Waals surface area contributed by atoms with Crippen molar-refractivity contribution < 1.29 is 14.6 Å². The van der Waals surface area contributed by atoms with E-state index < -0.39 is 5.97 Å². The summed E-state index contributed by atoms with van der Waals surface area (Å²) in [5.41, 5.74) is 0.200. The van der Waals surface area contributed by atoms with Crippen LogP contribution < -0.4 is 4.74 Å². The first-order valence-electron chi connectivity index (χ1n) is 4.47. The van der Waals surface area contributed by atoms with Gasteiger partial charge in [-0.3, -0.25) is 0 Å². The lowest BCUT2D eigenvalue weighted by molar-refractivity contribution is 0.0696. The van der Waals surface area contributed by atoms with Crippen LogP contribution in [0.1, 0.15) is 24.2 Å². The van der Waals surface area contributed by atoms with E-state index in [2.05, 4.69) is 6.07 Å². The lowest BCUT2D eigenvalue weighted by Crippen LogP contribution is -2.05. The predicted octanol–water partition coefficient (Wildman–Crippen LogP) is 2.22. The predicted molar refractivity (Wildman–Crippen MR) is 52.6 cm³/mol. The number of benzene rings is 1. The van der Waals surface area contributed by atoms with Crippen molar-refractivity contribution in [3.05, 3.63) is 29.8 Å². The van der Waals surface area contributed by atoms with E-state index in [4.69, 9.17) is 9.84 Å². The zero-order valence-electron chi connectivity index (χ0n) is 8.28. The van der Waals surface area contributed by atoms with Crippen LogP contribution in [0.15, 0.2) is 18.2 Å². The third-order valence-electron chi connectivity index (χ3n) is 1.59. The largest absolute Gasteiger partial charge is 0.493 e. The van der Waals surface area contributed by atoms with Crippen molar-refractivity contribution in [2.24, 2.45) is 5.92 Å². The van der Waals surface area contributed by atoms with Gasteiger partial charge in [-0.05, 0) is 30.2 Å². The van der Waals surface area contributed by atoms with E-state index in [0.29, 0.717) is 18.3 Å². The Morgan fingerprint density at radius 3 is 2.86 bits per heavy atom. The van der Waals surface area contributed by atoms with Crippen LogP contribution >= 0.6 is 0 Å². The summed E-state index contributed by atoms with van der Waals surface area (Å²) in [5, 5.41) is 8.71. The number of carbonyl (C=O) groups is 1. The molecule has 0 aliphatic rings. The molecule has 3 heteroatoms. The van der Waals surface area contributed by atoms with Gasteiger partial charge in [-0.1, -0.05) is 13.8 Å². The number of carboxylic acids is 1. The van der Waals surface area contributed by atoms with Crippen LogP contribution in [-0.2, 0) is 0 Å². The topological polar surface area (TPSA) is 46.5 Å². The lowest BCUT2D eigenvalue weighted by Gasteiger charge is -2.08. The molecule has 1 radical (unpaired) electrons. The van der Waals surface area contributed by atoms with E-state index in [1.807, 2.05) is 13.8 Å². The number of carboxylic acid groups (broad SMARTS) is 1. The summed E-state index contributed by atoms with van der Waals surface area (Å²) in [5.74, 6) is 0.0123. The van der Waals surface area contributed by atoms with Gasteiger partial charge in [0.1, 0.15) is 5.75 Å². The minimum absolute atomic E-state index is 0.200. The third kappa shape index (κ3) is 3.09. The van der Waals surface area contributed by atoms with E-state index in [1.165, 1.54) is 12.1 Å². The number of hydrogen-bond donors (Lipinski definition) is 1. The molecule has 1 rings (SSSR count). The summed E-state index contributed by atoms with van der Waals surface area (Å²) in [6.07, 6.45) is 0. The Morgan fingerprint density at radius 1 is 1.57 bits per heavy atom. The molecule has 0 aliphatic heterocycles. The van der Waals surface area contributed by atoms with Gasteiger partial charge in [0.05, 0.1) is 12.2 Å². The van der Waals surface area contributed by atoms with Gasteiger partial charge >= 0.3 is 5.97 Å². The average Bonchev–Trinajstić information content (AvgIpc) is 2.15. The van der Waals surface area contributed by atoms with Crippen LogP contribution in [0.25, 0.3) is 0 Å². The Balaban J connectivity index is 2.69. The number of rotatable bonds is 4. The molecule has 0 amide bonds. The molecule has 0 aliphatic carbocycles. The number of aromatic carboxylic acids is 1. The Kier molecular flexibility index (Phi) is 3.51. The molecule has 0 aromatic heterocycles. The van der Waals surface area contributed by atoms with Gasteiger partial charge < -0.3 is 9.84 Å². The van der Waals surface area contributed by atoms with Crippen molar-refractivity contribution in [2.75, 3.05) is 6.61 Å². The molecule has 1 aromatic rings. The molecule has 3 nitrogen and oxygen atoms in total. The highest BCUT2D eigenvalue weighted by molar-refractivity contribution is 5.87. The van der Waals surface area contributed by atoms with Gasteiger partial charge in [-0.15, -0.1) is 0 Å². The fraction of sp³-hybridized carbons (Fsp3) is 0.364. The van der Waals surface area contributed by atoms with Crippen LogP contribution in [0, 0.1) is 12.0 Å². The van der Waals surface area contributed by atoms with E-state index in [-0.39, 0.29) is 5.56 Å². The first-order valence-corrected chi connectivity index (χ1v) is 4.47.